The van der Waals surface area contributed by atoms with Gasteiger partial charge < -0.3 is 5.32 Å². The summed E-state index contributed by atoms with van der Waals surface area (Å²) >= 11 is 0. The Hall–Kier alpha value is -2.27. The van der Waals surface area contributed by atoms with E-state index >= 15 is 0 Å². The lowest BCUT2D eigenvalue weighted by molar-refractivity contribution is -0.121. The van der Waals surface area contributed by atoms with Gasteiger partial charge in [-0.05, 0) is 38.1 Å². The van der Waals surface area contributed by atoms with Gasteiger partial charge in [-0.15, -0.1) is 0 Å². The third kappa shape index (κ3) is 6.36. The number of hydrogen-bond acceptors (Lipinski definition) is 5. The molecule has 2 N–H and O–H groups in total. The third-order valence-electron chi connectivity index (χ3n) is 4.40. The fourth-order valence-corrected chi connectivity index (χ4v) is 5.07. The fraction of sp³-hybridized carbons (Fsp3) is 0.350. The minimum Gasteiger partial charge on any atom is -0.354 e. The number of likely N-dealkylation sites (N-methyl/N-ethyl adjacent to an activating group) is 1. The van der Waals surface area contributed by atoms with E-state index in [0.717, 1.165) is 15.4 Å². The molecule has 164 valence electrons. The van der Waals surface area contributed by atoms with Crippen molar-refractivity contribution in [3.05, 3.63) is 59.7 Å². The molecule has 0 saturated carbocycles. The lowest BCUT2D eigenvalue weighted by atomic mass is 10.2. The highest BCUT2D eigenvalue weighted by Crippen LogP contribution is 2.16. The molecule has 0 heterocycles. The Kier molecular flexibility index (Phi) is 8.13. The molecule has 2 aromatic carbocycles. The minimum absolute atomic E-state index is 0.0151. The Balaban J connectivity index is 1.88. The van der Waals surface area contributed by atoms with E-state index in [1.54, 1.807) is 31.2 Å². The van der Waals surface area contributed by atoms with E-state index in [9.17, 15) is 21.6 Å². The van der Waals surface area contributed by atoms with Gasteiger partial charge in [-0.2, -0.15) is 4.31 Å². The van der Waals surface area contributed by atoms with E-state index < -0.39 is 26.0 Å². The SMILES string of the molecule is CCN(CC(=O)NCCNS(=O)(=O)c1ccc(C)cc1)S(=O)(=O)c1ccc(C)cc1. The summed E-state index contributed by atoms with van der Waals surface area (Å²) in [7, 11) is -7.47. The molecule has 2 aromatic rings. The van der Waals surface area contributed by atoms with Crippen LogP contribution in [-0.2, 0) is 24.8 Å². The van der Waals surface area contributed by atoms with Gasteiger partial charge in [0.15, 0.2) is 0 Å². The molecule has 0 aliphatic heterocycles. The predicted molar refractivity (Wildman–Crippen MR) is 115 cm³/mol. The van der Waals surface area contributed by atoms with E-state index in [1.165, 1.54) is 24.3 Å². The number of sulfonamides is 2. The van der Waals surface area contributed by atoms with Gasteiger partial charge in [0, 0.05) is 19.6 Å². The molecule has 0 aromatic heterocycles. The average molecular weight is 454 g/mol. The Bertz CT molecular complexity index is 1060. The maximum absolute atomic E-state index is 12.7. The van der Waals surface area contributed by atoms with E-state index in [2.05, 4.69) is 10.0 Å². The lowest BCUT2D eigenvalue weighted by Crippen LogP contribution is -2.42. The topological polar surface area (TPSA) is 113 Å². The van der Waals surface area contributed by atoms with Gasteiger partial charge in [0.05, 0.1) is 16.3 Å². The fourth-order valence-electron chi connectivity index (χ4n) is 2.63. The Labute approximate surface area is 178 Å². The molecule has 2 rings (SSSR count). The first-order valence-corrected chi connectivity index (χ1v) is 12.4. The molecule has 0 atom stereocenters. The maximum atomic E-state index is 12.7. The van der Waals surface area contributed by atoms with Gasteiger partial charge in [-0.3, -0.25) is 4.79 Å². The van der Waals surface area contributed by atoms with Crippen LogP contribution in [0.2, 0.25) is 0 Å². The summed E-state index contributed by atoms with van der Waals surface area (Å²) in [6.45, 7) is 5.16. The van der Waals surface area contributed by atoms with Crippen LogP contribution in [0.15, 0.2) is 58.3 Å². The van der Waals surface area contributed by atoms with Gasteiger partial charge in [0.1, 0.15) is 0 Å². The number of nitrogens with zero attached hydrogens (tertiary/aromatic N) is 1. The second kappa shape index (κ2) is 10.2. The van der Waals surface area contributed by atoms with Gasteiger partial charge in [-0.25, -0.2) is 21.6 Å². The molecule has 0 fully saturated rings. The van der Waals surface area contributed by atoms with Crippen molar-refractivity contribution in [1.29, 1.82) is 0 Å². The predicted octanol–water partition coefficient (Wildman–Crippen LogP) is 1.41. The molecule has 0 aliphatic rings. The van der Waals surface area contributed by atoms with Crippen molar-refractivity contribution >= 4 is 26.0 Å². The second-order valence-electron chi connectivity index (χ2n) is 6.81. The summed E-state index contributed by atoms with van der Waals surface area (Å²) in [5.74, 6) is -0.512. The van der Waals surface area contributed by atoms with Crippen molar-refractivity contribution in [3.8, 4) is 0 Å². The van der Waals surface area contributed by atoms with Crippen molar-refractivity contribution in [1.82, 2.24) is 14.3 Å². The molecule has 0 spiro atoms. The first kappa shape index (κ1) is 24.0. The van der Waals surface area contributed by atoms with Crippen LogP contribution in [0.4, 0.5) is 0 Å². The van der Waals surface area contributed by atoms with E-state index in [-0.39, 0.29) is 36.0 Å². The monoisotopic (exact) mass is 453 g/mol. The standard InChI is InChI=1S/C20H27N3O5S2/c1-4-23(30(27,28)19-11-7-17(3)8-12-19)15-20(24)21-13-14-22-29(25,26)18-9-5-16(2)6-10-18/h5-12,22H,4,13-15H2,1-3H3,(H,21,24). The van der Waals surface area contributed by atoms with Crippen LogP contribution in [0.3, 0.4) is 0 Å². The van der Waals surface area contributed by atoms with Crippen LogP contribution in [-0.4, -0.2) is 53.2 Å². The van der Waals surface area contributed by atoms with Crippen molar-refractivity contribution in [2.45, 2.75) is 30.6 Å². The van der Waals surface area contributed by atoms with E-state index in [4.69, 9.17) is 0 Å². The van der Waals surface area contributed by atoms with Crippen molar-refractivity contribution < 1.29 is 21.6 Å². The van der Waals surface area contributed by atoms with Gasteiger partial charge >= 0.3 is 0 Å². The normalized spacial score (nSPS) is 12.1. The first-order valence-electron chi connectivity index (χ1n) is 9.46. The molecule has 1 amide bonds. The molecular weight excluding hydrogens is 426 g/mol. The van der Waals surface area contributed by atoms with Crippen LogP contribution in [0.5, 0.6) is 0 Å². The van der Waals surface area contributed by atoms with Crippen LogP contribution in [0, 0.1) is 13.8 Å². The number of amides is 1. The Morgan fingerprint density at radius 3 is 1.83 bits per heavy atom. The largest absolute Gasteiger partial charge is 0.354 e. The smallest absolute Gasteiger partial charge is 0.243 e. The van der Waals surface area contributed by atoms with Crippen molar-refractivity contribution in [3.63, 3.8) is 0 Å². The zero-order valence-electron chi connectivity index (χ0n) is 17.3. The van der Waals surface area contributed by atoms with Crippen LogP contribution in [0.1, 0.15) is 18.1 Å². The van der Waals surface area contributed by atoms with Crippen LogP contribution >= 0.6 is 0 Å². The summed E-state index contributed by atoms with van der Waals surface area (Å²) in [6, 6.07) is 12.8. The van der Waals surface area contributed by atoms with Gasteiger partial charge in [-0.1, -0.05) is 42.3 Å². The van der Waals surface area contributed by atoms with Gasteiger partial charge in [0.25, 0.3) is 0 Å². The van der Waals surface area contributed by atoms with Crippen molar-refractivity contribution in [2.24, 2.45) is 0 Å². The number of carbonyl (C=O) groups is 1. The highest BCUT2D eigenvalue weighted by atomic mass is 32.2. The number of hydrogen-bond donors (Lipinski definition) is 2. The highest BCUT2D eigenvalue weighted by Gasteiger charge is 2.25. The molecule has 30 heavy (non-hydrogen) atoms. The number of carbonyl (C=O) groups excluding carboxylic acids is 1. The van der Waals surface area contributed by atoms with Crippen molar-refractivity contribution in [2.75, 3.05) is 26.2 Å². The number of nitrogens with one attached hydrogen (secondary N) is 2. The Morgan fingerprint density at radius 1 is 0.833 bits per heavy atom. The molecule has 0 bridgehead atoms. The lowest BCUT2D eigenvalue weighted by Gasteiger charge is -2.20. The highest BCUT2D eigenvalue weighted by molar-refractivity contribution is 7.89. The Morgan fingerprint density at radius 2 is 1.33 bits per heavy atom. The quantitative estimate of drug-likeness (QED) is 0.528. The number of aryl methyl sites for hydroxylation is 2. The maximum Gasteiger partial charge on any atom is 0.243 e. The molecule has 0 unspecified atom stereocenters. The van der Waals surface area contributed by atoms with Gasteiger partial charge in [0.2, 0.25) is 26.0 Å². The summed E-state index contributed by atoms with van der Waals surface area (Å²) < 4.78 is 53.3. The minimum atomic E-state index is -3.80. The second-order valence-corrected chi connectivity index (χ2v) is 10.5. The van der Waals surface area contributed by atoms with Crippen LogP contribution < -0.4 is 10.0 Å². The first-order chi connectivity index (χ1) is 14.1. The third-order valence-corrected chi connectivity index (χ3v) is 7.81. The molecular formula is C20H27N3O5S2. The molecule has 10 heteroatoms. The number of benzene rings is 2. The summed E-state index contributed by atoms with van der Waals surface area (Å²) in [5, 5.41) is 2.54. The summed E-state index contributed by atoms with van der Waals surface area (Å²) in [4.78, 5) is 12.4. The zero-order valence-corrected chi connectivity index (χ0v) is 18.9. The van der Waals surface area contributed by atoms with E-state index in [0.29, 0.717) is 0 Å². The average Bonchev–Trinajstić information content (AvgIpc) is 2.70. The molecule has 0 radical (unpaired) electrons. The molecule has 0 saturated heterocycles. The number of rotatable bonds is 10. The summed E-state index contributed by atoms with van der Waals surface area (Å²) in [6.07, 6.45) is 0. The van der Waals surface area contributed by atoms with E-state index in [1.807, 2.05) is 13.8 Å². The molecule has 8 nitrogen and oxygen atoms in total. The van der Waals surface area contributed by atoms with Crippen LogP contribution in [0.25, 0.3) is 0 Å². The summed E-state index contributed by atoms with van der Waals surface area (Å²) in [5.41, 5.74) is 1.88. The zero-order chi connectivity index (χ0) is 22.4. The molecule has 0 aliphatic carbocycles.